The van der Waals surface area contributed by atoms with Crippen molar-refractivity contribution in [3.05, 3.63) is 0 Å². The summed E-state index contributed by atoms with van der Waals surface area (Å²) in [6.07, 6.45) is 0.625. The van der Waals surface area contributed by atoms with E-state index in [-0.39, 0.29) is 17.6 Å². The number of nitrogens with zero attached hydrogens (tertiary/aromatic N) is 1. The summed E-state index contributed by atoms with van der Waals surface area (Å²) in [4.78, 5) is 13.5. The zero-order chi connectivity index (χ0) is 12.9. The second kappa shape index (κ2) is 6.33. The summed E-state index contributed by atoms with van der Waals surface area (Å²) in [6, 6.07) is 0. The molecule has 1 heterocycles. The summed E-state index contributed by atoms with van der Waals surface area (Å²) in [5, 5.41) is 2.64. The van der Waals surface area contributed by atoms with Gasteiger partial charge in [0.2, 0.25) is 5.91 Å². The van der Waals surface area contributed by atoms with Gasteiger partial charge in [-0.2, -0.15) is 0 Å². The highest BCUT2D eigenvalue weighted by atomic mass is 16.5. The summed E-state index contributed by atoms with van der Waals surface area (Å²) in [7, 11) is 3.35. The predicted octanol–water partition coefficient (Wildman–Crippen LogP) is 0.248. The van der Waals surface area contributed by atoms with Crippen molar-refractivity contribution in [2.75, 3.05) is 40.4 Å². The van der Waals surface area contributed by atoms with Crippen LogP contribution in [0.3, 0.4) is 0 Å². The number of carbonyl (C=O) groups excluding carboxylic acids is 1. The van der Waals surface area contributed by atoms with Crippen molar-refractivity contribution in [2.45, 2.75) is 32.0 Å². The Morgan fingerprint density at radius 1 is 1.59 bits per heavy atom. The van der Waals surface area contributed by atoms with Crippen molar-refractivity contribution >= 4 is 5.91 Å². The molecule has 0 aromatic rings. The van der Waals surface area contributed by atoms with Crippen molar-refractivity contribution in [3.63, 3.8) is 0 Å². The molecule has 17 heavy (non-hydrogen) atoms. The predicted molar refractivity (Wildman–Crippen MR) is 66.0 cm³/mol. The van der Waals surface area contributed by atoms with Gasteiger partial charge in [0.25, 0.3) is 0 Å². The van der Waals surface area contributed by atoms with Crippen molar-refractivity contribution in [1.82, 2.24) is 10.2 Å². The standard InChI is InChI=1S/C12H24N2O3/c1-12(2)9-14(6-5-11(15)13-3)7-10(17-12)8-16-4/h10H,5-9H2,1-4H3,(H,13,15)/t10-/m1/s1. The van der Waals surface area contributed by atoms with E-state index in [1.807, 2.05) is 0 Å². The number of morpholine rings is 1. The van der Waals surface area contributed by atoms with Crippen LogP contribution >= 0.6 is 0 Å². The van der Waals surface area contributed by atoms with Gasteiger partial charge in [-0.1, -0.05) is 0 Å². The van der Waals surface area contributed by atoms with Gasteiger partial charge in [-0.3, -0.25) is 9.69 Å². The van der Waals surface area contributed by atoms with E-state index < -0.39 is 0 Å². The molecule has 0 aliphatic carbocycles. The molecule has 1 amide bonds. The molecule has 5 heteroatoms. The number of amides is 1. The third-order valence-electron chi connectivity index (χ3n) is 2.84. The molecule has 1 N–H and O–H groups in total. The highest BCUT2D eigenvalue weighted by molar-refractivity contribution is 5.75. The third-order valence-corrected chi connectivity index (χ3v) is 2.84. The van der Waals surface area contributed by atoms with Crippen LogP contribution in [0.1, 0.15) is 20.3 Å². The quantitative estimate of drug-likeness (QED) is 0.753. The van der Waals surface area contributed by atoms with Gasteiger partial charge in [0, 0.05) is 40.2 Å². The Balaban J connectivity index is 2.45. The Labute approximate surface area is 103 Å². The minimum absolute atomic E-state index is 0.0811. The summed E-state index contributed by atoms with van der Waals surface area (Å²) in [5.74, 6) is 0.0811. The zero-order valence-corrected chi connectivity index (χ0v) is 11.3. The fraction of sp³-hybridized carbons (Fsp3) is 0.917. The van der Waals surface area contributed by atoms with E-state index in [9.17, 15) is 4.79 Å². The molecule has 100 valence electrons. The number of hydrogen-bond acceptors (Lipinski definition) is 4. The zero-order valence-electron chi connectivity index (χ0n) is 11.3. The topological polar surface area (TPSA) is 50.8 Å². The lowest BCUT2D eigenvalue weighted by molar-refractivity contribution is -0.153. The van der Waals surface area contributed by atoms with Gasteiger partial charge < -0.3 is 14.8 Å². The number of methoxy groups -OCH3 is 1. The van der Waals surface area contributed by atoms with Crippen LogP contribution in [0.2, 0.25) is 0 Å². The molecule has 1 saturated heterocycles. The van der Waals surface area contributed by atoms with Crippen molar-refractivity contribution in [1.29, 1.82) is 0 Å². The molecule has 0 aromatic heterocycles. The van der Waals surface area contributed by atoms with E-state index in [0.29, 0.717) is 13.0 Å². The Morgan fingerprint density at radius 3 is 2.88 bits per heavy atom. The van der Waals surface area contributed by atoms with E-state index in [1.165, 1.54) is 0 Å². The maximum Gasteiger partial charge on any atom is 0.221 e. The molecule has 1 atom stereocenters. The molecule has 0 spiro atoms. The molecule has 0 radical (unpaired) electrons. The molecule has 0 saturated carbocycles. The van der Waals surface area contributed by atoms with E-state index in [2.05, 4.69) is 24.1 Å². The van der Waals surface area contributed by atoms with Gasteiger partial charge in [-0.05, 0) is 13.8 Å². The SMILES string of the molecule is CNC(=O)CCN1C[C@H](COC)OC(C)(C)C1. The number of ether oxygens (including phenoxy) is 2. The minimum atomic E-state index is -0.176. The first-order valence-corrected chi connectivity index (χ1v) is 6.06. The van der Waals surface area contributed by atoms with Gasteiger partial charge >= 0.3 is 0 Å². The highest BCUT2D eigenvalue weighted by Gasteiger charge is 2.33. The van der Waals surface area contributed by atoms with E-state index >= 15 is 0 Å². The Bertz CT molecular complexity index is 256. The van der Waals surface area contributed by atoms with Crippen molar-refractivity contribution in [2.24, 2.45) is 0 Å². The molecule has 0 aromatic carbocycles. The fourth-order valence-corrected chi connectivity index (χ4v) is 2.24. The van der Waals surface area contributed by atoms with E-state index in [0.717, 1.165) is 19.6 Å². The second-order valence-electron chi connectivity index (χ2n) is 5.11. The molecule has 1 fully saturated rings. The van der Waals surface area contributed by atoms with Crippen LogP contribution in [0.25, 0.3) is 0 Å². The smallest absolute Gasteiger partial charge is 0.221 e. The van der Waals surface area contributed by atoms with Crippen molar-refractivity contribution in [3.8, 4) is 0 Å². The molecule has 5 nitrogen and oxygen atoms in total. The first-order chi connectivity index (χ1) is 7.96. The summed E-state index contributed by atoms with van der Waals surface area (Å²) in [6.45, 7) is 7.19. The number of carbonyl (C=O) groups is 1. The molecule has 1 aliphatic heterocycles. The molecule has 0 unspecified atom stereocenters. The van der Waals surface area contributed by atoms with Crippen LogP contribution in [0.15, 0.2) is 0 Å². The number of rotatable bonds is 5. The molecule has 1 aliphatic rings. The fourth-order valence-electron chi connectivity index (χ4n) is 2.24. The molecule has 1 rings (SSSR count). The van der Waals surface area contributed by atoms with Gasteiger partial charge in [0.15, 0.2) is 0 Å². The van der Waals surface area contributed by atoms with Crippen LogP contribution in [-0.4, -0.2) is 62.9 Å². The van der Waals surface area contributed by atoms with Crippen LogP contribution < -0.4 is 5.32 Å². The van der Waals surface area contributed by atoms with Gasteiger partial charge in [0.1, 0.15) is 0 Å². The Hall–Kier alpha value is -0.650. The summed E-state index contributed by atoms with van der Waals surface area (Å²) >= 11 is 0. The Morgan fingerprint density at radius 2 is 2.29 bits per heavy atom. The number of nitrogens with one attached hydrogen (secondary N) is 1. The first kappa shape index (κ1) is 14.4. The molecular weight excluding hydrogens is 220 g/mol. The first-order valence-electron chi connectivity index (χ1n) is 6.06. The highest BCUT2D eigenvalue weighted by Crippen LogP contribution is 2.21. The van der Waals surface area contributed by atoms with E-state index in [4.69, 9.17) is 9.47 Å². The lowest BCUT2D eigenvalue weighted by Gasteiger charge is -2.42. The summed E-state index contributed by atoms with van der Waals surface area (Å²) < 4.78 is 11.0. The maximum absolute atomic E-state index is 11.2. The van der Waals surface area contributed by atoms with Gasteiger partial charge in [-0.25, -0.2) is 0 Å². The van der Waals surface area contributed by atoms with Crippen LogP contribution in [0.4, 0.5) is 0 Å². The maximum atomic E-state index is 11.2. The number of hydrogen-bond donors (Lipinski definition) is 1. The van der Waals surface area contributed by atoms with E-state index in [1.54, 1.807) is 14.2 Å². The third kappa shape index (κ3) is 5.02. The minimum Gasteiger partial charge on any atom is -0.382 e. The van der Waals surface area contributed by atoms with Crippen molar-refractivity contribution < 1.29 is 14.3 Å². The second-order valence-corrected chi connectivity index (χ2v) is 5.11. The van der Waals surface area contributed by atoms with Crippen LogP contribution in [0, 0.1) is 0 Å². The molecule has 0 bridgehead atoms. The lowest BCUT2D eigenvalue weighted by Crippen LogP contribution is -2.54. The van der Waals surface area contributed by atoms with Gasteiger partial charge in [0.05, 0.1) is 18.3 Å². The largest absolute Gasteiger partial charge is 0.382 e. The van der Waals surface area contributed by atoms with Crippen LogP contribution in [0.5, 0.6) is 0 Å². The van der Waals surface area contributed by atoms with Crippen LogP contribution in [-0.2, 0) is 14.3 Å². The lowest BCUT2D eigenvalue weighted by atomic mass is 10.1. The summed E-state index contributed by atoms with van der Waals surface area (Å²) in [5.41, 5.74) is -0.176. The average molecular weight is 244 g/mol. The Kier molecular flexibility index (Phi) is 5.36. The molecular formula is C12H24N2O3. The monoisotopic (exact) mass is 244 g/mol. The average Bonchev–Trinajstić information content (AvgIpc) is 2.24. The normalized spacial score (nSPS) is 24.6. The van der Waals surface area contributed by atoms with Gasteiger partial charge in [-0.15, -0.1) is 0 Å².